The highest BCUT2D eigenvalue weighted by atomic mass is 127. The Kier molecular flexibility index (Phi) is 3.99. The van der Waals surface area contributed by atoms with Crippen molar-refractivity contribution in [1.82, 2.24) is 0 Å². The van der Waals surface area contributed by atoms with Crippen LogP contribution in [0, 0.1) is 11.8 Å². The fraction of sp³-hybridized carbons (Fsp3) is 0.533. The van der Waals surface area contributed by atoms with Gasteiger partial charge in [-0.2, -0.15) is 0 Å². The average molecular weight is 358 g/mol. The molecule has 1 aromatic rings. The molecule has 2 nitrogen and oxygen atoms in total. The van der Waals surface area contributed by atoms with E-state index in [1.807, 2.05) is 39.0 Å². The topological polar surface area (TPSA) is 26.3 Å². The van der Waals surface area contributed by atoms with Crippen LogP contribution in [0.4, 0.5) is 0 Å². The maximum absolute atomic E-state index is 12.1. The van der Waals surface area contributed by atoms with Gasteiger partial charge in [0.05, 0.1) is 5.92 Å². The van der Waals surface area contributed by atoms with E-state index in [-0.39, 0.29) is 11.9 Å². The highest BCUT2D eigenvalue weighted by Crippen LogP contribution is 2.55. The van der Waals surface area contributed by atoms with Crippen molar-refractivity contribution in [3.63, 3.8) is 0 Å². The predicted molar refractivity (Wildman–Crippen MR) is 80.9 cm³/mol. The van der Waals surface area contributed by atoms with Gasteiger partial charge in [-0.25, -0.2) is 0 Å². The maximum Gasteiger partial charge on any atom is 0.310 e. The lowest BCUT2D eigenvalue weighted by molar-refractivity contribution is -0.156. The first kappa shape index (κ1) is 13.8. The Morgan fingerprint density at radius 3 is 2.39 bits per heavy atom. The quantitative estimate of drug-likeness (QED) is 0.467. The number of alkyl halides is 1. The third kappa shape index (κ3) is 3.05. The third-order valence-electron chi connectivity index (χ3n) is 3.21. The van der Waals surface area contributed by atoms with E-state index >= 15 is 0 Å². The fourth-order valence-corrected chi connectivity index (χ4v) is 3.48. The number of hydrogen-bond donors (Lipinski definition) is 0. The molecule has 98 valence electrons. The summed E-state index contributed by atoms with van der Waals surface area (Å²) in [5.41, 5.74) is 0.867. The number of esters is 1. The number of hydrogen-bond acceptors (Lipinski definition) is 2. The van der Waals surface area contributed by atoms with Crippen molar-refractivity contribution < 1.29 is 9.53 Å². The Balaban J connectivity index is 2.09. The van der Waals surface area contributed by atoms with Crippen molar-refractivity contribution in [1.29, 1.82) is 0 Å². The van der Waals surface area contributed by atoms with Crippen LogP contribution >= 0.6 is 22.6 Å². The van der Waals surface area contributed by atoms with Gasteiger partial charge in [0.2, 0.25) is 0 Å². The molecule has 3 atom stereocenters. The normalized spacial score (nSPS) is 26.8. The molecular formula is C15H19IO2. The lowest BCUT2D eigenvalue weighted by Crippen LogP contribution is -2.25. The second-order valence-corrected chi connectivity index (χ2v) is 6.69. The predicted octanol–water partition coefficient (Wildman–Crippen LogP) is 3.79. The number of benzene rings is 1. The zero-order valence-corrected chi connectivity index (χ0v) is 13.2. The molecule has 3 heteroatoms. The lowest BCUT2D eigenvalue weighted by Gasteiger charge is -2.19. The first-order valence-electron chi connectivity index (χ1n) is 6.28. The summed E-state index contributed by atoms with van der Waals surface area (Å²) in [5.74, 6) is 0.780. The minimum Gasteiger partial charge on any atom is -0.460 e. The molecule has 0 unspecified atom stereocenters. The number of carbonyl (C=O) groups is 1. The molecule has 1 saturated carbocycles. The first-order valence-corrected chi connectivity index (χ1v) is 7.80. The summed E-state index contributed by atoms with van der Waals surface area (Å²) in [4.78, 5) is 12.1. The van der Waals surface area contributed by atoms with Crippen molar-refractivity contribution in [2.45, 2.75) is 32.3 Å². The Bertz CT molecular complexity index is 422. The van der Waals surface area contributed by atoms with Gasteiger partial charge < -0.3 is 4.74 Å². The molecule has 0 bridgehead atoms. The van der Waals surface area contributed by atoms with Gasteiger partial charge in [0.15, 0.2) is 0 Å². The standard InChI is InChI=1S/C15H19IO2/c1-15(2,3)18-14(17)13-11(9-16)12(13)10-7-5-4-6-8-10/h4-8,11-13H,9H2,1-3H3/t11-,12-,13-/m0/s1. The van der Waals surface area contributed by atoms with E-state index in [1.165, 1.54) is 5.56 Å². The Hall–Kier alpha value is -0.580. The van der Waals surface area contributed by atoms with Crippen LogP contribution in [0.1, 0.15) is 32.3 Å². The van der Waals surface area contributed by atoms with E-state index in [0.717, 1.165) is 4.43 Å². The van der Waals surface area contributed by atoms with Crippen molar-refractivity contribution >= 4 is 28.6 Å². The van der Waals surface area contributed by atoms with Crippen LogP contribution in [0.5, 0.6) is 0 Å². The van der Waals surface area contributed by atoms with Crippen molar-refractivity contribution in [2.24, 2.45) is 11.8 Å². The van der Waals surface area contributed by atoms with E-state index in [4.69, 9.17) is 4.74 Å². The van der Waals surface area contributed by atoms with Crippen LogP contribution in [0.15, 0.2) is 30.3 Å². The van der Waals surface area contributed by atoms with Gasteiger partial charge in [-0.15, -0.1) is 0 Å². The average Bonchev–Trinajstić information content (AvgIpc) is 3.02. The van der Waals surface area contributed by atoms with E-state index in [9.17, 15) is 4.79 Å². The molecule has 0 amide bonds. The smallest absolute Gasteiger partial charge is 0.310 e. The third-order valence-corrected chi connectivity index (χ3v) is 4.23. The van der Waals surface area contributed by atoms with Crippen molar-refractivity contribution in [3.05, 3.63) is 35.9 Å². The minimum atomic E-state index is -0.392. The zero-order chi connectivity index (χ0) is 13.3. The molecule has 0 saturated heterocycles. The second-order valence-electron chi connectivity index (χ2n) is 5.81. The van der Waals surface area contributed by atoms with E-state index in [0.29, 0.717) is 11.8 Å². The number of carbonyl (C=O) groups excluding carboxylic acids is 1. The summed E-state index contributed by atoms with van der Waals surface area (Å²) in [5, 5.41) is 0. The van der Waals surface area contributed by atoms with Gasteiger partial charge in [0, 0.05) is 10.3 Å². The molecule has 0 aliphatic heterocycles. The summed E-state index contributed by atoms with van der Waals surface area (Å²) in [6.45, 7) is 5.76. The Morgan fingerprint density at radius 2 is 1.89 bits per heavy atom. The van der Waals surface area contributed by atoms with Crippen LogP contribution < -0.4 is 0 Å². The number of rotatable bonds is 3. The van der Waals surface area contributed by atoms with Crippen LogP contribution in [0.3, 0.4) is 0 Å². The van der Waals surface area contributed by atoms with E-state index in [1.54, 1.807) is 0 Å². The molecule has 0 spiro atoms. The molecule has 1 aromatic carbocycles. The SMILES string of the molecule is CC(C)(C)OC(=O)[C@H]1[C@@H](CI)[C@@H]1c1ccccc1. The summed E-state index contributed by atoms with van der Waals surface area (Å²) in [6.07, 6.45) is 0. The van der Waals surface area contributed by atoms with Crippen LogP contribution in [0.25, 0.3) is 0 Å². The molecule has 0 N–H and O–H groups in total. The van der Waals surface area contributed by atoms with Crippen molar-refractivity contribution in [2.75, 3.05) is 4.43 Å². The van der Waals surface area contributed by atoms with Crippen LogP contribution in [0.2, 0.25) is 0 Å². The van der Waals surface area contributed by atoms with Gasteiger partial charge in [0.1, 0.15) is 5.60 Å². The highest BCUT2D eigenvalue weighted by Gasteiger charge is 2.56. The maximum atomic E-state index is 12.1. The minimum absolute atomic E-state index is 0.0435. The Morgan fingerprint density at radius 1 is 1.28 bits per heavy atom. The first-order chi connectivity index (χ1) is 8.44. The van der Waals surface area contributed by atoms with E-state index in [2.05, 4.69) is 34.7 Å². The highest BCUT2D eigenvalue weighted by molar-refractivity contribution is 14.1. The Labute approximate surface area is 122 Å². The molecule has 2 rings (SSSR count). The lowest BCUT2D eigenvalue weighted by atomic mass is 10.1. The second kappa shape index (κ2) is 5.19. The van der Waals surface area contributed by atoms with Crippen molar-refractivity contribution in [3.8, 4) is 0 Å². The molecule has 0 heterocycles. The fourth-order valence-electron chi connectivity index (χ4n) is 2.39. The molecule has 0 aromatic heterocycles. The van der Waals surface area contributed by atoms with E-state index < -0.39 is 5.60 Å². The van der Waals surface area contributed by atoms with Gasteiger partial charge in [0.25, 0.3) is 0 Å². The number of ether oxygens (including phenoxy) is 1. The number of halogens is 1. The molecule has 1 aliphatic rings. The molecule has 1 aliphatic carbocycles. The van der Waals surface area contributed by atoms with Gasteiger partial charge in [-0.05, 0) is 32.3 Å². The molecular weight excluding hydrogens is 339 g/mol. The molecule has 18 heavy (non-hydrogen) atoms. The summed E-state index contributed by atoms with van der Waals surface area (Å²) < 4.78 is 6.50. The van der Waals surface area contributed by atoms with Gasteiger partial charge >= 0.3 is 5.97 Å². The van der Waals surface area contributed by atoms with Gasteiger partial charge in [-0.3, -0.25) is 4.79 Å². The zero-order valence-electron chi connectivity index (χ0n) is 11.0. The summed E-state index contributed by atoms with van der Waals surface area (Å²) >= 11 is 2.36. The summed E-state index contributed by atoms with van der Waals surface area (Å²) in [6, 6.07) is 10.3. The monoisotopic (exact) mass is 358 g/mol. The van der Waals surface area contributed by atoms with Crippen LogP contribution in [-0.4, -0.2) is 16.0 Å². The molecule has 1 fully saturated rings. The molecule has 0 radical (unpaired) electrons. The summed E-state index contributed by atoms with van der Waals surface area (Å²) in [7, 11) is 0. The van der Waals surface area contributed by atoms with Gasteiger partial charge in [-0.1, -0.05) is 52.9 Å². The van der Waals surface area contributed by atoms with Crippen LogP contribution in [-0.2, 0) is 9.53 Å². The largest absolute Gasteiger partial charge is 0.460 e.